The Hall–Kier alpha value is -4.48. The topological polar surface area (TPSA) is 37.1 Å². The van der Waals surface area contributed by atoms with Crippen molar-refractivity contribution in [3.8, 4) is 5.82 Å². The van der Waals surface area contributed by atoms with Gasteiger partial charge >= 0.3 is 0 Å². The van der Waals surface area contributed by atoms with Crippen molar-refractivity contribution in [2.45, 2.75) is 19.9 Å². The van der Waals surface area contributed by atoms with Gasteiger partial charge in [0.15, 0.2) is 0 Å². The smallest absolute Gasteiger partial charge is 0.148 e. The summed E-state index contributed by atoms with van der Waals surface area (Å²) in [6.45, 7) is 2.39. The molecule has 0 amide bonds. The Morgan fingerprint density at radius 1 is 0.711 bits per heavy atom. The number of rotatable bonds is 5. The van der Waals surface area contributed by atoms with Crippen molar-refractivity contribution in [3.63, 3.8) is 0 Å². The standard InChI is InChI=1S/C38H30N4OSi.Pt/c1-27-22-23-39-38(24-27)40-34-17-8-7-16-32(34)33-21-20-31(26-37(33)40)44(2,3)30-15-11-14-29(25-30)42-36-19-10-9-18-35(36)41(43-42)28-12-5-4-6-13-28;/h4-24H,1-3H3;/q-2;/p+1/i1D3;. The molecule has 1 N–H and O–H groups in total. The molecule has 1 aliphatic rings. The molecule has 5 nitrogen and oxygen atoms in total. The van der Waals surface area contributed by atoms with Crippen LogP contribution in [0.15, 0.2) is 128 Å². The first-order chi connectivity index (χ1) is 22.7. The van der Waals surface area contributed by atoms with Crippen molar-refractivity contribution in [1.82, 2.24) is 9.55 Å². The van der Waals surface area contributed by atoms with E-state index in [2.05, 4.69) is 90.9 Å². The van der Waals surface area contributed by atoms with E-state index in [0.29, 0.717) is 5.82 Å². The van der Waals surface area contributed by atoms with Crippen molar-refractivity contribution >= 4 is 63.0 Å². The Labute approximate surface area is 282 Å². The molecule has 0 bridgehead atoms. The van der Waals surface area contributed by atoms with Crippen molar-refractivity contribution in [3.05, 3.63) is 145 Å². The van der Waals surface area contributed by atoms with Gasteiger partial charge in [-0.2, -0.15) is 51.7 Å². The molecule has 3 heterocycles. The molecule has 7 heteroatoms. The van der Waals surface area contributed by atoms with Crippen LogP contribution < -0.4 is 20.5 Å². The van der Waals surface area contributed by atoms with Gasteiger partial charge in [0.1, 0.15) is 22.9 Å². The molecule has 2 aromatic heterocycles. The molecular formula is C38H31N4OPtSi-. The van der Waals surface area contributed by atoms with Gasteiger partial charge in [-0.3, -0.25) is 0 Å². The number of fused-ring (bicyclic) bond motifs is 4. The van der Waals surface area contributed by atoms with Gasteiger partial charge in [0.25, 0.3) is 0 Å². The van der Waals surface area contributed by atoms with Crippen molar-refractivity contribution in [1.29, 1.82) is 0 Å². The van der Waals surface area contributed by atoms with Crippen molar-refractivity contribution in [2.75, 3.05) is 10.1 Å². The fourth-order valence-corrected chi connectivity index (χ4v) is 8.25. The third kappa shape index (κ3) is 4.90. The zero-order valence-corrected chi connectivity index (χ0v) is 27.9. The van der Waals surface area contributed by atoms with Crippen LogP contribution >= 0.6 is 0 Å². The molecule has 0 saturated heterocycles. The number of anilines is 4. The van der Waals surface area contributed by atoms with E-state index >= 15 is 0 Å². The normalized spacial score (nSPS) is 14.1. The largest absolute Gasteiger partial charge is 0.319 e. The van der Waals surface area contributed by atoms with Crippen LogP contribution in [0.3, 0.4) is 0 Å². The maximum absolute atomic E-state index is 7.98. The SMILES string of the molecule is [2H]C([2H])([2H])c1ccnc(-n2c3[c-]c([Si](C)(C)c4[c-]c(N5[OH+]N(c6ccccc6)c6ccccc65)ccc4)ccc3c3ccccc32)c1.[Pt]. The molecule has 224 valence electrons. The van der Waals surface area contributed by atoms with Crippen LogP contribution in [-0.2, 0) is 21.1 Å². The predicted molar refractivity (Wildman–Crippen MR) is 183 cm³/mol. The summed E-state index contributed by atoms with van der Waals surface area (Å²) in [4.78, 5) is 9.65. The Bertz CT molecular complexity index is 2290. The minimum atomic E-state index is -2.36. The summed E-state index contributed by atoms with van der Waals surface area (Å²) in [5.74, 6) is 0.559. The Kier molecular flexibility index (Phi) is 6.57. The molecule has 45 heavy (non-hydrogen) atoms. The molecule has 0 atom stereocenters. The number of aromatic nitrogens is 2. The maximum Gasteiger partial charge on any atom is 0.148 e. The minimum absolute atomic E-state index is 0. The van der Waals surface area contributed by atoms with E-state index in [4.69, 9.17) is 9.05 Å². The summed E-state index contributed by atoms with van der Waals surface area (Å²) in [6, 6.07) is 47.9. The second kappa shape index (κ2) is 11.5. The molecule has 0 saturated carbocycles. The fraction of sp³-hybridized carbons (Fsp3) is 0.0789. The van der Waals surface area contributed by atoms with E-state index in [1.807, 2.05) is 63.2 Å². The Morgan fingerprint density at radius 3 is 2.27 bits per heavy atom. The van der Waals surface area contributed by atoms with Crippen LogP contribution in [0.2, 0.25) is 13.1 Å². The summed E-state index contributed by atoms with van der Waals surface area (Å²) in [5.41, 5.74) is 5.95. The summed E-state index contributed by atoms with van der Waals surface area (Å²) in [7, 11) is -2.36. The summed E-state index contributed by atoms with van der Waals surface area (Å²) in [5, 5.41) is 8.28. The van der Waals surface area contributed by atoms with E-state index in [-0.39, 0.29) is 26.6 Å². The van der Waals surface area contributed by atoms with E-state index in [1.165, 1.54) is 0 Å². The quantitative estimate of drug-likeness (QED) is 0.101. The molecule has 8 rings (SSSR count). The summed E-state index contributed by atoms with van der Waals surface area (Å²) >= 11 is 0. The first-order valence-electron chi connectivity index (χ1n) is 16.1. The predicted octanol–water partition coefficient (Wildman–Crippen LogP) is 8.04. The van der Waals surface area contributed by atoms with Crippen LogP contribution in [0.4, 0.5) is 22.7 Å². The maximum atomic E-state index is 7.98. The Morgan fingerprint density at radius 2 is 1.44 bits per heavy atom. The van der Waals surface area contributed by atoms with Gasteiger partial charge in [-0.15, -0.1) is 16.5 Å². The van der Waals surface area contributed by atoms with Crippen molar-refractivity contribution in [2.24, 2.45) is 0 Å². The molecule has 0 aliphatic carbocycles. The van der Waals surface area contributed by atoms with Gasteiger partial charge in [-0.1, -0.05) is 72.2 Å². The van der Waals surface area contributed by atoms with E-state index in [9.17, 15) is 0 Å². The van der Waals surface area contributed by atoms with Gasteiger partial charge in [0.2, 0.25) is 0 Å². The number of para-hydroxylation sites is 4. The third-order valence-corrected chi connectivity index (χ3v) is 11.7. The monoisotopic (exact) mass is 785 g/mol. The molecule has 5 aromatic carbocycles. The first-order valence-corrected chi connectivity index (χ1v) is 17.6. The van der Waals surface area contributed by atoms with Crippen LogP contribution in [0.1, 0.15) is 9.68 Å². The fourth-order valence-electron chi connectivity index (χ4n) is 6.07. The molecular weight excluding hydrogens is 752 g/mol. The zero-order chi connectivity index (χ0) is 32.3. The molecule has 0 fully saturated rings. The first kappa shape index (κ1) is 25.8. The Balaban J connectivity index is 0.00000364. The summed E-state index contributed by atoms with van der Waals surface area (Å²) < 4.78 is 26.0. The van der Waals surface area contributed by atoms with Gasteiger partial charge in [-0.25, -0.2) is 4.98 Å². The number of benzene rings is 5. The van der Waals surface area contributed by atoms with Crippen LogP contribution in [0, 0.1) is 19.0 Å². The van der Waals surface area contributed by atoms with E-state index in [1.54, 1.807) is 18.3 Å². The van der Waals surface area contributed by atoms with Gasteiger partial charge < -0.3 is 4.57 Å². The average Bonchev–Trinajstić information content (AvgIpc) is 3.65. The van der Waals surface area contributed by atoms with Gasteiger partial charge in [0, 0.05) is 42.6 Å². The summed E-state index contributed by atoms with van der Waals surface area (Å²) in [6.07, 6.45) is 1.57. The second-order valence-electron chi connectivity index (χ2n) is 11.5. The van der Waals surface area contributed by atoms with Crippen molar-refractivity contribution < 1.29 is 30.1 Å². The van der Waals surface area contributed by atoms with E-state index in [0.717, 1.165) is 54.9 Å². The average molecular weight is 786 g/mol. The zero-order valence-electron chi connectivity index (χ0n) is 27.7. The third-order valence-electron chi connectivity index (χ3n) is 8.43. The molecule has 0 radical (unpaired) electrons. The molecule has 7 aromatic rings. The number of hydrogen-bond acceptors (Lipinski definition) is 3. The number of pyridine rings is 1. The number of nitrogens with zero attached hydrogens (tertiary/aromatic N) is 4. The van der Waals surface area contributed by atoms with Crippen LogP contribution in [0.25, 0.3) is 27.6 Å². The second-order valence-corrected chi connectivity index (χ2v) is 15.8. The number of hydrogen-bond donors (Lipinski definition) is 0. The molecule has 1 aliphatic heterocycles. The van der Waals surface area contributed by atoms with Gasteiger partial charge in [-0.05, 0) is 60.3 Å². The molecule has 0 spiro atoms. The van der Waals surface area contributed by atoms with E-state index < -0.39 is 14.9 Å². The number of aryl methyl sites for hydroxylation is 1. The minimum Gasteiger partial charge on any atom is -0.319 e. The van der Waals surface area contributed by atoms with Crippen LogP contribution in [0.5, 0.6) is 0 Å². The molecule has 0 unspecified atom stereocenters. The van der Waals surface area contributed by atoms with Crippen LogP contribution in [-0.4, -0.2) is 22.6 Å². The van der Waals surface area contributed by atoms with Gasteiger partial charge in [0.05, 0.1) is 8.07 Å².